The summed E-state index contributed by atoms with van der Waals surface area (Å²) in [4.78, 5) is 0. The third-order valence-corrected chi connectivity index (χ3v) is 4.51. The van der Waals surface area contributed by atoms with E-state index in [1.54, 1.807) is 0 Å². The summed E-state index contributed by atoms with van der Waals surface area (Å²) in [6.45, 7) is 0. The Morgan fingerprint density at radius 2 is 1.71 bits per heavy atom. The quantitative estimate of drug-likeness (QED) is 0.795. The summed E-state index contributed by atoms with van der Waals surface area (Å²) in [5, 5.41) is 0. The molecule has 2 aliphatic rings. The molecule has 1 nitrogen and oxygen atoms in total. The first-order chi connectivity index (χ1) is 8.03. The van der Waals surface area contributed by atoms with E-state index in [4.69, 9.17) is 5.73 Å². The Morgan fingerprint density at radius 1 is 1.06 bits per heavy atom. The van der Waals surface area contributed by atoms with E-state index in [9.17, 15) is 8.78 Å². The summed E-state index contributed by atoms with van der Waals surface area (Å²) in [5.41, 5.74) is 6.54. The fourth-order valence-electron chi connectivity index (χ4n) is 3.85. The van der Waals surface area contributed by atoms with Gasteiger partial charge in [0.15, 0.2) is 0 Å². The highest BCUT2D eigenvalue weighted by atomic mass is 19.1. The second kappa shape index (κ2) is 3.52. The highest BCUT2D eigenvalue weighted by molar-refractivity contribution is 5.31. The van der Waals surface area contributed by atoms with Crippen LogP contribution in [0.15, 0.2) is 18.2 Å². The van der Waals surface area contributed by atoms with Crippen LogP contribution in [-0.4, -0.2) is 0 Å². The molecule has 1 aromatic carbocycles. The predicted octanol–water partition coefficient (Wildman–Crippen LogP) is 3.47. The summed E-state index contributed by atoms with van der Waals surface area (Å²) in [6.07, 6.45) is 6.67. The molecule has 17 heavy (non-hydrogen) atoms. The van der Waals surface area contributed by atoms with Gasteiger partial charge in [-0.15, -0.1) is 0 Å². The Balaban J connectivity index is 1.85. The van der Waals surface area contributed by atoms with Gasteiger partial charge >= 0.3 is 0 Å². The maximum absolute atomic E-state index is 13.7. The number of nitrogens with two attached hydrogens (primary N) is 1. The molecule has 2 N–H and O–H groups in total. The maximum atomic E-state index is 13.7. The molecule has 2 aliphatic carbocycles. The van der Waals surface area contributed by atoms with E-state index >= 15 is 0 Å². The molecule has 2 saturated carbocycles. The first kappa shape index (κ1) is 11.1. The first-order valence-electron chi connectivity index (χ1n) is 6.28. The van der Waals surface area contributed by atoms with Gasteiger partial charge in [-0.1, -0.05) is 18.9 Å². The Labute approximate surface area is 100 Å². The zero-order chi connectivity index (χ0) is 12.1. The van der Waals surface area contributed by atoms with Crippen molar-refractivity contribution in [2.24, 2.45) is 11.1 Å². The Bertz CT molecular complexity index is 442. The van der Waals surface area contributed by atoms with E-state index in [-0.39, 0.29) is 0 Å². The fraction of sp³-hybridized carbons (Fsp3) is 0.571. The predicted molar refractivity (Wildman–Crippen MR) is 62.4 cm³/mol. The number of rotatable bonds is 1. The minimum atomic E-state index is -0.567. The Hall–Kier alpha value is -0.960. The van der Waals surface area contributed by atoms with Gasteiger partial charge in [-0.2, -0.15) is 0 Å². The smallest absolute Gasteiger partial charge is 0.131 e. The monoisotopic (exact) mass is 237 g/mol. The van der Waals surface area contributed by atoms with E-state index in [1.165, 1.54) is 37.8 Å². The van der Waals surface area contributed by atoms with Gasteiger partial charge in [-0.05, 0) is 37.2 Å². The second-order valence-corrected chi connectivity index (χ2v) is 5.84. The SMILES string of the molecule is NC1(c2ccc(F)cc2F)CC2(CCCC2)C1. The van der Waals surface area contributed by atoms with E-state index in [0.29, 0.717) is 11.0 Å². The maximum Gasteiger partial charge on any atom is 0.131 e. The Morgan fingerprint density at radius 3 is 2.29 bits per heavy atom. The largest absolute Gasteiger partial charge is 0.321 e. The lowest BCUT2D eigenvalue weighted by atomic mass is 9.54. The molecular weight excluding hydrogens is 220 g/mol. The van der Waals surface area contributed by atoms with Crippen molar-refractivity contribution in [3.63, 3.8) is 0 Å². The summed E-state index contributed by atoms with van der Waals surface area (Å²) < 4.78 is 26.6. The zero-order valence-corrected chi connectivity index (χ0v) is 9.81. The van der Waals surface area contributed by atoms with Crippen molar-refractivity contribution >= 4 is 0 Å². The van der Waals surface area contributed by atoms with Crippen molar-refractivity contribution in [1.29, 1.82) is 0 Å². The molecule has 0 saturated heterocycles. The molecule has 1 aromatic rings. The Kier molecular flexibility index (Phi) is 2.31. The van der Waals surface area contributed by atoms with Crippen LogP contribution in [0.5, 0.6) is 0 Å². The van der Waals surface area contributed by atoms with Gasteiger partial charge in [0.1, 0.15) is 11.6 Å². The van der Waals surface area contributed by atoms with Crippen molar-refractivity contribution in [2.45, 2.75) is 44.1 Å². The first-order valence-corrected chi connectivity index (χ1v) is 6.28. The summed E-state index contributed by atoms with van der Waals surface area (Å²) in [5.74, 6) is -1.04. The van der Waals surface area contributed by atoms with Gasteiger partial charge < -0.3 is 5.73 Å². The minimum absolute atomic E-state index is 0.357. The molecule has 0 aliphatic heterocycles. The molecular formula is C14H17F2N. The minimum Gasteiger partial charge on any atom is -0.321 e. The van der Waals surface area contributed by atoms with Gasteiger partial charge in [0.05, 0.1) is 0 Å². The van der Waals surface area contributed by atoms with Crippen LogP contribution in [0.2, 0.25) is 0 Å². The van der Waals surface area contributed by atoms with Crippen LogP contribution < -0.4 is 5.73 Å². The number of halogens is 2. The van der Waals surface area contributed by atoms with Crippen LogP contribution in [0.1, 0.15) is 44.1 Å². The molecule has 3 heteroatoms. The van der Waals surface area contributed by atoms with Crippen LogP contribution in [-0.2, 0) is 5.54 Å². The molecule has 0 heterocycles. The molecule has 0 bridgehead atoms. The number of benzene rings is 1. The summed E-state index contributed by atoms with van der Waals surface area (Å²) in [6, 6.07) is 3.74. The molecule has 3 rings (SSSR count). The van der Waals surface area contributed by atoms with Gasteiger partial charge in [-0.25, -0.2) is 8.78 Å². The van der Waals surface area contributed by atoms with Gasteiger partial charge in [0.25, 0.3) is 0 Å². The van der Waals surface area contributed by atoms with E-state index < -0.39 is 17.2 Å². The van der Waals surface area contributed by atoms with Gasteiger partial charge in [0, 0.05) is 17.2 Å². The molecule has 2 fully saturated rings. The summed E-state index contributed by atoms with van der Waals surface area (Å²) >= 11 is 0. The van der Waals surface area contributed by atoms with Crippen LogP contribution in [0.4, 0.5) is 8.78 Å². The van der Waals surface area contributed by atoms with Crippen molar-refractivity contribution in [2.75, 3.05) is 0 Å². The lowest BCUT2D eigenvalue weighted by Crippen LogP contribution is -2.55. The van der Waals surface area contributed by atoms with E-state index in [0.717, 1.165) is 18.9 Å². The van der Waals surface area contributed by atoms with Gasteiger partial charge in [0.2, 0.25) is 0 Å². The van der Waals surface area contributed by atoms with E-state index in [2.05, 4.69) is 0 Å². The lowest BCUT2D eigenvalue weighted by molar-refractivity contribution is 0.0288. The number of hydrogen-bond acceptors (Lipinski definition) is 1. The van der Waals surface area contributed by atoms with Crippen molar-refractivity contribution in [3.05, 3.63) is 35.4 Å². The highest BCUT2D eigenvalue weighted by Gasteiger charge is 2.54. The zero-order valence-electron chi connectivity index (χ0n) is 9.81. The van der Waals surface area contributed by atoms with Crippen molar-refractivity contribution in [1.82, 2.24) is 0 Å². The molecule has 0 radical (unpaired) electrons. The fourth-order valence-corrected chi connectivity index (χ4v) is 3.85. The number of hydrogen-bond donors (Lipinski definition) is 1. The molecule has 92 valence electrons. The topological polar surface area (TPSA) is 26.0 Å². The lowest BCUT2D eigenvalue weighted by Gasteiger charge is -2.53. The molecule has 0 atom stereocenters. The third kappa shape index (κ3) is 1.68. The molecule has 0 amide bonds. The van der Waals surface area contributed by atoms with Crippen LogP contribution >= 0.6 is 0 Å². The van der Waals surface area contributed by atoms with Crippen LogP contribution in [0, 0.1) is 17.0 Å². The standard InChI is InChI=1S/C14H17F2N/c15-10-3-4-11(12(16)7-10)14(17)8-13(9-14)5-1-2-6-13/h3-4,7H,1-2,5-6,8-9,17H2. The average Bonchev–Trinajstić information content (AvgIpc) is 2.65. The normalized spacial score (nSPS) is 24.9. The highest BCUT2D eigenvalue weighted by Crippen LogP contribution is 2.60. The molecule has 0 aromatic heterocycles. The van der Waals surface area contributed by atoms with Gasteiger partial charge in [-0.3, -0.25) is 0 Å². The van der Waals surface area contributed by atoms with E-state index in [1.807, 2.05) is 0 Å². The van der Waals surface area contributed by atoms with Crippen molar-refractivity contribution in [3.8, 4) is 0 Å². The van der Waals surface area contributed by atoms with Crippen LogP contribution in [0.3, 0.4) is 0 Å². The molecule has 1 spiro atoms. The average molecular weight is 237 g/mol. The van der Waals surface area contributed by atoms with Crippen molar-refractivity contribution < 1.29 is 8.78 Å². The molecule has 0 unspecified atom stereocenters. The van der Waals surface area contributed by atoms with Crippen LogP contribution in [0.25, 0.3) is 0 Å². The third-order valence-electron chi connectivity index (χ3n) is 4.51. The summed E-state index contributed by atoms with van der Waals surface area (Å²) in [7, 11) is 0. The second-order valence-electron chi connectivity index (χ2n) is 5.84.